The standard InChI is InChI=1S/C16H15NO2/c1-11-7-8-15(12(2)9-11)19-16-6-4-3-5-13(16)14(18)10-17/h3-9,14,18H,1-2H3. The molecule has 0 aliphatic carbocycles. The van der Waals surface area contributed by atoms with Gasteiger partial charge >= 0.3 is 0 Å². The van der Waals surface area contributed by atoms with E-state index in [0.717, 1.165) is 16.9 Å². The summed E-state index contributed by atoms with van der Waals surface area (Å²) in [7, 11) is 0. The average molecular weight is 253 g/mol. The summed E-state index contributed by atoms with van der Waals surface area (Å²) in [6.45, 7) is 3.98. The summed E-state index contributed by atoms with van der Waals surface area (Å²) in [4.78, 5) is 0. The highest BCUT2D eigenvalue weighted by Crippen LogP contribution is 2.31. The monoisotopic (exact) mass is 253 g/mol. The molecule has 1 N–H and O–H groups in total. The Morgan fingerprint density at radius 1 is 1.11 bits per heavy atom. The molecule has 0 aliphatic heterocycles. The molecule has 0 fully saturated rings. The highest BCUT2D eigenvalue weighted by Gasteiger charge is 2.13. The lowest BCUT2D eigenvalue weighted by atomic mass is 10.1. The van der Waals surface area contributed by atoms with Crippen LogP contribution in [0.25, 0.3) is 0 Å². The van der Waals surface area contributed by atoms with Crippen molar-refractivity contribution in [3.63, 3.8) is 0 Å². The molecular formula is C16H15NO2. The molecular weight excluding hydrogens is 238 g/mol. The minimum Gasteiger partial charge on any atom is -0.457 e. The van der Waals surface area contributed by atoms with Crippen LogP contribution < -0.4 is 4.74 Å². The van der Waals surface area contributed by atoms with Gasteiger partial charge in [0.15, 0.2) is 6.10 Å². The maximum absolute atomic E-state index is 9.66. The van der Waals surface area contributed by atoms with Gasteiger partial charge in [0.2, 0.25) is 0 Å². The van der Waals surface area contributed by atoms with Gasteiger partial charge < -0.3 is 9.84 Å². The second kappa shape index (κ2) is 5.55. The van der Waals surface area contributed by atoms with Gasteiger partial charge in [-0.1, -0.05) is 35.9 Å². The van der Waals surface area contributed by atoms with E-state index in [1.54, 1.807) is 24.3 Å². The third-order valence-electron chi connectivity index (χ3n) is 2.89. The predicted molar refractivity (Wildman–Crippen MR) is 73.0 cm³/mol. The Bertz CT molecular complexity index is 629. The van der Waals surface area contributed by atoms with E-state index in [2.05, 4.69) is 0 Å². The summed E-state index contributed by atoms with van der Waals surface area (Å²) in [5, 5.41) is 18.5. The number of para-hydroxylation sites is 1. The fraction of sp³-hybridized carbons (Fsp3) is 0.188. The maximum Gasteiger partial charge on any atom is 0.169 e. The first kappa shape index (κ1) is 13.1. The summed E-state index contributed by atoms with van der Waals surface area (Å²) in [5.74, 6) is 1.23. The van der Waals surface area contributed by atoms with E-state index in [1.165, 1.54) is 0 Å². The summed E-state index contributed by atoms with van der Waals surface area (Å²) in [5.41, 5.74) is 2.65. The average Bonchev–Trinajstić information content (AvgIpc) is 2.41. The van der Waals surface area contributed by atoms with Gasteiger partial charge in [0.05, 0.1) is 6.07 Å². The van der Waals surface area contributed by atoms with Gasteiger partial charge in [-0.25, -0.2) is 0 Å². The number of ether oxygens (including phenoxy) is 1. The fourth-order valence-corrected chi connectivity index (χ4v) is 1.90. The molecule has 0 radical (unpaired) electrons. The van der Waals surface area contributed by atoms with Crippen molar-refractivity contribution in [2.75, 3.05) is 0 Å². The van der Waals surface area contributed by atoms with Gasteiger partial charge in [-0.2, -0.15) is 5.26 Å². The van der Waals surface area contributed by atoms with Crippen molar-refractivity contribution in [1.82, 2.24) is 0 Å². The Labute approximate surface area is 112 Å². The highest BCUT2D eigenvalue weighted by atomic mass is 16.5. The first-order valence-corrected chi connectivity index (χ1v) is 6.03. The molecule has 0 saturated heterocycles. The number of benzene rings is 2. The molecule has 3 nitrogen and oxygen atoms in total. The van der Waals surface area contributed by atoms with Crippen LogP contribution in [-0.2, 0) is 0 Å². The van der Waals surface area contributed by atoms with Crippen LogP contribution in [0.2, 0.25) is 0 Å². The predicted octanol–water partition coefficient (Wildman–Crippen LogP) is 3.65. The third kappa shape index (κ3) is 2.93. The van der Waals surface area contributed by atoms with Crippen LogP contribution in [0.4, 0.5) is 0 Å². The molecule has 3 heteroatoms. The molecule has 0 heterocycles. The fourth-order valence-electron chi connectivity index (χ4n) is 1.90. The van der Waals surface area contributed by atoms with Crippen molar-refractivity contribution < 1.29 is 9.84 Å². The normalized spacial score (nSPS) is 11.7. The molecule has 1 unspecified atom stereocenters. The number of nitrogens with zero attached hydrogens (tertiary/aromatic N) is 1. The van der Waals surface area contributed by atoms with E-state index in [-0.39, 0.29) is 0 Å². The SMILES string of the molecule is Cc1ccc(Oc2ccccc2C(O)C#N)c(C)c1. The number of rotatable bonds is 3. The summed E-state index contributed by atoms with van der Waals surface area (Å²) < 4.78 is 5.81. The Morgan fingerprint density at radius 2 is 1.84 bits per heavy atom. The molecule has 19 heavy (non-hydrogen) atoms. The Balaban J connectivity index is 2.36. The second-order valence-corrected chi connectivity index (χ2v) is 4.44. The van der Waals surface area contributed by atoms with Crippen molar-refractivity contribution in [1.29, 1.82) is 5.26 Å². The zero-order chi connectivity index (χ0) is 13.8. The Hall–Kier alpha value is -2.31. The number of aryl methyl sites for hydroxylation is 2. The van der Waals surface area contributed by atoms with Crippen molar-refractivity contribution in [3.05, 3.63) is 59.2 Å². The zero-order valence-electron chi connectivity index (χ0n) is 10.9. The minimum atomic E-state index is -1.18. The molecule has 0 amide bonds. The number of hydrogen-bond donors (Lipinski definition) is 1. The van der Waals surface area contributed by atoms with Crippen LogP contribution in [0.15, 0.2) is 42.5 Å². The van der Waals surface area contributed by atoms with Gasteiger partial charge in [0, 0.05) is 5.56 Å². The lowest BCUT2D eigenvalue weighted by molar-refractivity contribution is 0.231. The zero-order valence-corrected chi connectivity index (χ0v) is 10.9. The lowest BCUT2D eigenvalue weighted by Crippen LogP contribution is -1.98. The van der Waals surface area contributed by atoms with E-state index in [0.29, 0.717) is 11.3 Å². The van der Waals surface area contributed by atoms with Crippen LogP contribution in [0.5, 0.6) is 11.5 Å². The van der Waals surface area contributed by atoms with Crippen molar-refractivity contribution in [2.24, 2.45) is 0 Å². The first-order valence-electron chi connectivity index (χ1n) is 6.03. The van der Waals surface area contributed by atoms with Crippen LogP contribution in [0.3, 0.4) is 0 Å². The first-order chi connectivity index (χ1) is 9.11. The van der Waals surface area contributed by atoms with Crippen molar-refractivity contribution in [2.45, 2.75) is 20.0 Å². The van der Waals surface area contributed by atoms with Gasteiger partial charge in [-0.15, -0.1) is 0 Å². The van der Waals surface area contributed by atoms with Crippen LogP contribution in [0, 0.1) is 25.2 Å². The summed E-state index contributed by atoms with van der Waals surface area (Å²) >= 11 is 0. The second-order valence-electron chi connectivity index (χ2n) is 4.44. The summed E-state index contributed by atoms with van der Waals surface area (Å²) in [6.07, 6.45) is -1.18. The van der Waals surface area contributed by atoms with Crippen LogP contribution in [0.1, 0.15) is 22.8 Å². The van der Waals surface area contributed by atoms with Crippen LogP contribution in [-0.4, -0.2) is 5.11 Å². The minimum absolute atomic E-state index is 0.477. The quantitative estimate of drug-likeness (QED) is 0.849. The highest BCUT2D eigenvalue weighted by molar-refractivity contribution is 5.43. The molecule has 96 valence electrons. The lowest BCUT2D eigenvalue weighted by Gasteiger charge is -2.13. The topological polar surface area (TPSA) is 53.2 Å². The molecule has 0 aliphatic rings. The third-order valence-corrected chi connectivity index (χ3v) is 2.89. The number of aliphatic hydroxyl groups is 1. The molecule has 2 aromatic carbocycles. The van der Waals surface area contributed by atoms with Gasteiger partial charge in [-0.3, -0.25) is 0 Å². The largest absolute Gasteiger partial charge is 0.457 e. The van der Waals surface area contributed by atoms with E-state index in [9.17, 15) is 5.11 Å². The number of nitriles is 1. The number of aliphatic hydroxyl groups excluding tert-OH is 1. The maximum atomic E-state index is 9.66. The smallest absolute Gasteiger partial charge is 0.169 e. The van der Waals surface area contributed by atoms with E-state index in [4.69, 9.17) is 10.00 Å². The molecule has 0 saturated carbocycles. The molecule has 0 bridgehead atoms. The van der Waals surface area contributed by atoms with Crippen LogP contribution >= 0.6 is 0 Å². The molecule has 0 spiro atoms. The van der Waals surface area contributed by atoms with Crippen molar-refractivity contribution in [3.8, 4) is 17.6 Å². The molecule has 1 atom stereocenters. The molecule has 0 aromatic heterocycles. The van der Waals surface area contributed by atoms with Crippen molar-refractivity contribution >= 4 is 0 Å². The van der Waals surface area contributed by atoms with E-state index >= 15 is 0 Å². The number of hydrogen-bond acceptors (Lipinski definition) is 3. The Morgan fingerprint density at radius 3 is 2.53 bits per heavy atom. The molecule has 2 rings (SSSR count). The Kier molecular flexibility index (Phi) is 3.84. The van der Waals surface area contributed by atoms with E-state index in [1.807, 2.05) is 38.1 Å². The van der Waals surface area contributed by atoms with Gasteiger partial charge in [-0.05, 0) is 31.5 Å². The van der Waals surface area contributed by atoms with E-state index < -0.39 is 6.10 Å². The summed E-state index contributed by atoms with van der Waals surface area (Å²) in [6, 6.07) is 14.7. The van der Waals surface area contributed by atoms with Gasteiger partial charge in [0.1, 0.15) is 11.5 Å². The molecule has 2 aromatic rings. The van der Waals surface area contributed by atoms with Gasteiger partial charge in [0.25, 0.3) is 0 Å².